The van der Waals surface area contributed by atoms with Gasteiger partial charge in [0, 0.05) is 37.3 Å². The third-order valence-electron chi connectivity index (χ3n) is 6.55. The molecule has 1 aromatic heterocycles. The van der Waals surface area contributed by atoms with Gasteiger partial charge in [0.05, 0.1) is 13.0 Å². The van der Waals surface area contributed by atoms with Crippen molar-refractivity contribution < 1.29 is 18.8 Å². The molecule has 0 aliphatic carbocycles. The van der Waals surface area contributed by atoms with Crippen molar-refractivity contribution in [2.24, 2.45) is 5.92 Å². The van der Waals surface area contributed by atoms with Gasteiger partial charge in [-0.2, -0.15) is 0 Å². The number of aromatic nitrogens is 1. The van der Waals surface area contributed by atoms with Gasteiger partial charge in [0.15, 0.2) is 0 Å². The van der Waals surface area contributed by atoms with Gasteiger partial charge in [-0.15, -0.1) is 0 Å². The topological polar surface area (TPSA) is 91.7 Å². The van der Waals surface area contributed by atoms with Crippen molar-refractivity contribution in [3.05, 3.63) is 69.9 Å². The highest BCUT2D eigenvalue weighted by molar-refractivity contribution is 6.05. The first-order valence-electron chi connectivity index (χ1n) is 10.7. The normalized spacial score (nSPS) is 24.3. The lowest BCUT2D eigenvalue weighted by atomic mass is 9.83. The fraction of sp³-hybridized carbons (Fsp3) is 0.391. The molecule has 2 fully saturated rings. The van der Waals surface area contributed by atoms with Crippen molar-refractivity contribution in [1.29, 1.82) is 0 Å². The second kappa shape index (κ2) is 7.89. The number of fused-ring (bicyclic) bond motifs is 4. The molecule has 0 radical (unpaired) electrons. The fourth-order valence-electron chi connectivity index (χ4n) is 5.09. The summed E-state index contributed by atoms with van der Waals surface area (Å²) >= 11 is 0. The molecule has 5 rings (SSSR count). The number of urea groups is 1. The van der Waals surface area contributed by atoms with Crippen LogP contribution in [0.3, 0.4) is 0 Å². The average molecular weight is 438 g/mol. The maximum Gasteiger partial charge on any atom is 0.325 e. The second-order valence-corrected chi connectivity index (χ2v) is 8.76. The number of nitrogens with one attached hydrogen (secondary N) is 1. The van der Waals surface area contributed by atoms with Gasteiger partial charge in [0.25, 0.3) is 11.5 Å². The van der Waals surface area contributed by atoms with Crippen LogP contribution in [-0.2, 0) is 22.7 Å². The molecule has 2 aromatic rings. The lowest BCUT2D eigenvalue weighted by Crippen LogP contribution is -2.50. The van der Waals surface area contributed by atoms with Crippen LogP contribution in [0.4, 0.5) is 9.18 Å². The zero-order chi connectivity index (χ0) is 22.4. The van der Waals surface area contributed by atoms with Gasteiger partial charge in [-0.05, 0) is 36.1 Å². The highest BCUT2D eigenvalue weighted by atomic mass is 19.1. The van der Waals surface area contributed by atoms with Crippen molar-refractivity contribution in [2.45, 2.75) is 37.9 Å². The highest BCUT2D eigenvalue weighted by Crippen LogP contribution is 2.35. The summed E-state index contributed by atoms with van der Waals surface area (Å²) in [4.78, 5) is 53.0. The molecular weight excluding hydrogens is 415 g/mol. The summed E-state index contributed by atoms with van der Waals surface area (Å²) in [5, 5.41) is 2.58. The van der Waals surface area contributed by atoms with Crippen LogP contribution >= 0.6 is 0 Å². The van der Waals surface area contributed by atoms with Crippen LogP contribution in [0.5, 0.6) is 0 Å². The first-order valence-corrected chi connectivity index (χ1v) is 10.7. The van der Waals surface area contributed by atoms with E-state index in [1.54, 1.807) is 27.7 Å². The first-order chi connectivity index (χ1) is 15.4. The number of hydrogen-bond donors (Lipinski definition) is 1. The van der Waals surface area contributed by atoms with E-state index in [1.807, 2.05) is 6.07 Å². The smallest absolute Gasteiger partial charge is 0.325 e. The number of likely N-dealkylation sites (tertiary alicyclic amines) is 1. The Labute approximate surface area is 183 Å². The Morgan fingerprint density at radius 2 is 1.88 bits per heavy atom. The highest BCUT2D eigenvalue weighted by Gasteiger charge is 2.41. The number of imide groups is 1. The number of rotatable bonds is 4. The van der Waals surface area contributed by atoms with Crippen LogP contribution in [0, 0.1) is 11.7 Å². The van der Waals surface area contributed by atoms with E-state index in [4.69, 9.17) is 0 Å². The number of benzene rings is 1. The summed E-state index contributed by atoms with van der Waals surface area (Å²) in [5.74, 6) is -0.859. The van der Waals surface area contributed by atoms with Crippen molar-refractivity contribution in [3.8, 4) is 0 Å². The molecule has 4 heterocycles. The molecule has 2 bridgehead atoms. The number of carbonyl (C=O) groups excluding carboxylic acids is 3. The molecule has 3 aliphatic heterocycles. The standard InChI is InChI=1S/C23H23FN4O4/c24-17-4-1-3-14(8-17)11-28-22(31)18(25-23(28)32)9-21(30)26-10-15-7-16(13-26)19-5-2-6-20(29)27(19)12-15/h1-6,8,15-16,18H,7,9-13H2,(H,25,32)/t15-,16+,18+/m1/s1. The van der Waals surface area contributed by atoms with Crippen molar-refractivity contribution in [2.75, 3.05) is 13.1 Å². The molecule has 2 saturated heterocycles. The maximum absolute atomic E-state index is 13.4. The van der Waals surface area contributed by atoms with Crippen LogP contribution < -0.4 is 10.9 Å². The molecule has 3 atom stereocenters. The molecule has 1 N–H and O–H groups in total. The number of nitrogens with zero attached hydrogens (tertiary/aromatic N) is 3. The van der Waals surface area contributed by atoms with Crippen LogP contribution in [0.15, 0.2) is 47.3 Å². The molecule has 0 saturated carbocycles. The minimum absolute atomic E-state index is 0.0189. The third kappa shape index (κ3) is 3.68. The molecular formula is C23H23FN4O4. The Kier molecular flexibility index (Phi) is 5.03. The second-order valence-electron chi connectivity index (χ2n) is 8.76. The number of pyridine rings is 1. The predicted octanol–water partition coefficient (Wildman–Crippen LogP) is 1.44. The van der Waals surface area contributed by atoms with E-state index in [0.29, 0.717) is 25.2 Å². The molecule has 1 aromatic carbocycles. The van der Waals surface area contributed by atoms with Gasteiger partial charge in [-0.1, -0.05) is 18.2 Å². The summed E-state index contributed by atoms with van der Waals surface area (Å²) < 4.78 is 15.2. The minimum atomic E-state index is -0.930. The quantitative estimate of drug-likeness (QED) is 0.732. The molecule has 0 unspecified atom stereocenters. The van der Waals surface area contributed by atoms with Gasteiger partial charge in [-0.3, -0.25) is 19.3 Å². The predicted molar refractivity (Wildman–Crippen MR) is 112 cm³/mol. The van der Waals surface area contributed by atoms with E-state index in [0.717, 1.165) is 17.0 Å². The van der Waals surface area contributed by atoms with Crippen molar-refractivity contribution in [1.82, 2.24) is 19.7 Å². The molecule has 4 amide bonds. The summed E-state index contributed by atoms with van der Waals surface area (Å²) in [7, 11) is 0. The van der Waals surface area contributed by atoms with Gasteiger partial charge in [0.1, 0.15) is 11.9 Å². The number of halogens is 1. The summed E-state index contributed by atoms with van der Waals surface area (Å²) in [6, 6.07) is 9.44. The Balaban J connectivity index is 1.25. The summed E-state index contributed by atoms with van der Waals surface area (Å²) in [5.41, 5.74) is 1.42. The summed E-state index contributed by atoms with van der Waals surface area (Å²) in [6.07, 6.45) is 0.805. The fourth-order valence-corrected chi connectivity index (χ4v) is 5.09. The zero-order valence-corrected chi connectivity index (χ0v) is 17.4. The van der Waals surface area contributed by atoms with Crippen LogP contribution in [0.1, 0.15) is 30.0 Å². The Morgan fingerprint density at radius 3 is 2.69 bits per heavy atom. The van der Waals surface area contributed by atoms with E-state index in [-0.39, 0.29) is 36.3 Å². The maximum atomic E-state index is 13.4. The van der Waals surface area contributed by atoms with E-state index in [1.165, 1.54) is 18.2 Å². The van der Waals surface area contributed by atoms with Gasteiger partial charge >= 0.3 is 6.03 Å². The largest absolute Gasteiger partial charge is 0.342 e. The number of carbonyl (C=O) groups is 3. The number of amides is 4. The average Bonchev–Trinajstić information content (AvgIpc) is 3.02. The van der Waals surface area contributed by atoms with Crippen LogP contribution in [-0.4, -0.2) is 51.3 Å². The van der Waals surface area contributed by atoms with E-state index >= 15 is 0 Å². The van der Waals surface area contributed by atoms with Gasteiger partial charge in [-0.25, -0.2) is 9.18 Å². The lowest BCUT2D eigenvalue weighted by Gasteiger charge is -2.43. The van der Waals surface area contributed by atoms with E-state index in [2.05, 4.69) is 5.32 Å². The molecule has 0 spiro atoms. The van der Waals surface area contributed by atoms with Crippen LogP contribution in [0.25, 0.3) is 0 Å². The van der Waals surface area contributed by atoms with Crippen molar-refractivity contribution >= 4 is 17.8 Å². The molecule has 9 heteroatoms. The Hall–Kier alpha value is -3.49. The van der Waals surface area contributed by atoms with Gasteiger partial charge < -0.3 is 14.8 Å². The number of piperidine rings is 1. The summed E-state index contributed by atoms with van der Waals surface area (Å²) in [6.45, 7) is 1.54. The minimum Gasteiger partial charge on any atom is -0.342 e. The Bertz CT molecular complexity index is 1160. The molecule has 8 nitrogen and oxygen atoms in total. The SMILES string of the molecule is O=C(C[C@@H]1NC(=O)N(Cc2cccc(F)c2)C1=O)N1C[C@H]2C[C@@H](C1)c1cccc(=O)n1C2. The van der Waals surface area contributed by atoms with Gasteiger partial charge in [0.2, 0.25) is 5.91 Å². The first kappa shape index (κ1) is 20.4. The molecule has 32 heavy (non-hydrogen) atoms. The van der Waals surface area contributed by atoms with Crippen LogP contribution in [0.2, 0.25) is 0 Å². The van der Waals surface area contributed by atoms with Crippen molar-refractivity contribution in [3.63, 3.8) is 0 Å². The van der Waals surface area contributed by atoms with E-state index < -0.39 is 23.8 Å². The molecule has 3 aliphatic rings. The molecule has 166 valence electrons. The number of hydrogen-bond acceptors (Lipinski definition) is 4. The third-order valence-corrected chi connectivity index (χ3v) is 6.55. The van der Waals surface area contributed by atoms with E-state index in [9.17, 15) is 23.6 Å². The zero-order valence-electron chi connectivity index (χ0n) is 17.4. The lowest BCUT2D eigenvalue weighted by molar-refractivity contribution is -0.137. The Morgan fingerprint density at radius 1 is 1.06 bits per heavy atom. The monoisotopic (exact) mass is 438 g/mol.